The van der Waals surface area contributed by atoms with E-state index in [1.807, 2.05) is 12.1 Å². The minimum absolute atomic E-state index is 0.109. The van der Waals surface area contributed by atoms with E-state index in [0.29, 0.717) is 30.8 Å². The summed E-state index contributed by atoms with van der Waals surface area (Å²) in [7, 11) is 0. The van der Waals surface area contributed by atoms with Gasteiger partial charge >= 0.3 is 12.2 Å². The Kier molecular flexibility index (Phi) is 9.96. The Morgan fingerprint density at radius 3 is 2.52 bits per heavy atom. The van der Waals surface area contributed by atoms with Crippen molar-refractivity contribution < 1.29 is 24.2 Å². The molecule has 0 aromatic heterocycles. The molecule has 0 fully saturated rings. The van der Waals surface area contributed by atoms with Crippen LogP contribution in [-0.2, 0) is 16.1 Å². The van der Waals surface area contributed by atoms with E-state index in [4.69, 9.17) is 21.1 Å². The lowest BCUT2D eigenvalue weighted by molar-refractivity contribution is 0.0478. The molecule has 0 heterocycles. The SMILES string of the molecule is CC(C)(C)OC(=O)N[C@@H](CO)CCCCNC(=O)OCc1ccccc1Cl. The number of nitrogens with one attached hydrogen (secondary N) is 2. The largest absolute Gasteiger partial charge is 0.445 e. The maximum Gasteiger partial charge on any atom is 0.407 e. The number of amides is 2. The standard InChI is InChI=1S/C19H29ClN2O5/c1-19(2,3)27-18(25)22-15(12-23)9-6-7-11-21-17(24)26-13-14-8-4-5-10-16(14)20/h4-5,8,10,15,23H,6-7,9,11-13H2,1-3H3,(H,21,24)(H,22,25)/t15-/m1/s1. The van der Waals surface area contributed by atoms with Gasteiger partial charge in [0.25, 0.3) is 0 Å². The van der Waals surface area contributed by atoms with Crippen molar-refractivity contribution in [1.82, 2.24) is 10.6 Å². The molecule has 1 aromatic carbocycles. The number of unbranched alkanes of at least 4 members (excludes halogenated alkanes) is 1. The van der Waals surface area contributed by atoms with Crippen molar-refractivity contribution in [3.63, 3.8) is 0 Å². The summed E-state index contributed by atoms with van der Waals surface area (Å²) in [6, 6.07) is 6.78. The summed E-state index contributed by atoms with van der Waals surface area (Å²) in [6.45, 7) is 5.70. The Balaban J connectivity index is 2.16. The molecule has 0 aliphatic carbocycles. The number of aliphatic hydroxyl groups excluding tert-OH is 1. The number of rotatable bonds is 9. The Morgan fingerprint density at radius 1 is 1.19 bits per heavy atom. The maximum absolute atomic E-state index is 11.7. The second-order valence-electron chi connectivity index (χ2n) is 7.12. The van der Waals surface area contributed by atoms with Gasteiger partial charge in [0.1, 0.15) is 12.2 Å². The molecule has 0 radical (unpaired) electrons. The molecule has 27 heavy (non-hydrogen) atoms. The van der Waals surface area contributed by atoms with Crippen LogP contribution in [0.2, 0.25) is 5.02 Å². The monoisotopic (exact) mass is 400 g/mol. The van der Waals surface area contributed by atoms with Crippen molar-refractivity contribution in [2.24, 2.45) is 0 Å². The summed E-state index contributed by atoms with van der Waals surface area (Å²) in [5.41, 5.74) is 0.159. The maximum atomic E-state index is 11.7. The number of carbonyl (C=O) groups is 2. The molecule has 7 nitrogen and oxygen atoms in total. The molecule has 1 atom stereocenters. The third-order valence-corrected chi connectivity index (χ3v) is 3.88. The van der Waals surface area contributed by atoms with Crippen LogP contribution in [0.25, 0.3) is 0 Å². The molecule has 1 rings (SSSR count). The van der Waals surface area contributed by atoms with Crippen molar-refractivity contribution in [1.29, 1.82) is 0 Å². The van der Waals surface area contributed by atoms with Crippen LogP contribution in [0.1, 0.15) is 45.6 Å². The number of alkyl carbamates (subject to hydrolysis) is 2. The lowest BCUT2D eigenvalue weighted by Crippen LogP contribution is -2.41. The molecule has 3 N–H and O–H groups in total. The summed E-state index contributed by atoms with van der Waals surface area (Å²) in [5, 5.41) is 15.2. The average Bonchev–Trinajstić information content (AvgIpc) is 2.58. The van der Waals surface area contributed by atoms with Gasteiger partial charge in [-0.05, 0) is 46.1 Å². The van der Waals surface area contributed by atoms with Gasteiger partial charge in [-0.25, -0.2) is 9.59 Å². The first-order chi connectivity index (χ1) is 12.7. The van der Waals surface area contributed by atoms with E-state index >= 15 is 0 Å². The summed E-state index contributed by atoms with van der Waals surface area (Å²) in [4.78, 5) is 23.4. The smallest absolute Gasteiger partial charge is 0.407 e. The Morgan fingerprint density at radius 2 is 1.89 bits per heavy atom. The number of halogens is 1. The van der Waals surface area contributed by atoms with Crippen LogP contribution in [0, 0.1) is 0 Å². The van der Waals surface area contributed by atoms with Crippen molar-refractivity contribution in [3.05, 3.63) is 34.9 Å². The highest BCUT2D eigenvalue weighted by Crippen LogP contribution is 2.15. The predicted octanol–water partition coefficient (Wildman–Crippen LogP) is 3.62. The molecule has 0 spiro atoms. The summed E-state index contributed by atoms with van der Waals surface area (Å²) < 4.78 is 10.3. The van der Waals surface area contributed by atoms with E-state index in [1.165, 1.54) is 0 Å². The molecule has 0 saturated heterocycles. The van der Waals surface area contributed by atoms with E-state index in [9.17, 15) is 14.7 Å². The molecule has 0 saturated carbocycles. The van der Waals surface area contributed by atoms with Crippen molar-refractivity contribution >= 4 is 23.8 Å². The average molecular weight is 401 g/mol. The Hall–Kier alpha value is -1.99. The zero-order chi connectivity index (χ0) is 20.3. The zero-order valence-corrected chi connectivity index (χ0v) is 16.8. The first-order valence-corrected chi connectivity index (χ1v) is 9.33. The van der Waals surface area contributed by atoms with Crippen LogP contribution in [0.3, 0.4) is 0 Å². The third-order valence-electron chi connectivity index (χ3n) is 3.51. The van der Waals surface area contributed by atoms with Crippen LogP contribution in [0.15, 0.2) is 24.3 Å². The fourth-order valence-corrected chi connectivity index (χ4v) is 2.39. The molecular weight excluding hydrogens is 372 g/mol. The molecule has 0 aliphatic heterocycles. The highest BCUT2D eigenvalue weighted by atomic mass is 35.5. The minimum Gasteiger partial charge on any atom is -0.445 e. The number of hydrogen-bond donors (Lipinski definition) is 3. The normalized spacial score (nSPS) is 12.2. The Bertz CT molecular complexity index is 604. The van der Waals surface area contributed by atoms with Gasteiger partial charge in [0.05, 0.1) is 12.6 Å². The van der Waals surface area contributed by atoms with E-state index in [0.717, 1.165) is 5.56 Å². The van der Waals surface area contributed by atoms with Crippen LogP contribution in [0.5, 0.6) is 0 Å². The first-order valence-electron chi connectivity index (χ1n) is 8.95. The fourth-order valence-electron chi connectivity index (χ4n) is 2.20. The van der Waals surface area contributed by atoms with Gasteiger partial charge in [-0.15, -0.1) is 0 Å². The second-order valence-corrected chi connectivity index (χ2v) is 7.52. The van der Waals surface area contributed by atoms with Gasteiger partial charge in [0, 0.05) is 17.1 Å². The highest BCUT2D eigenvalue weighted by molar-refractivity contribution is 6.31. The number of carbonyl (C=O) groups excluding carboxylic acids is 2. The van der Waals surface area contributed by atoms with Crippen molar-refractivity contribution in [2.75, 3.05) is 13.2 Å². The lowest BCUT2D eigenvalue weighted by atomic mass is 10.1. The topological polar surface area (TPSA) is 96.9 Å². The van der Waals surface area contributed by atoms with Crippen LogP contribution in [0.4, 0.5) is 9.59 Å². The number of hydrogen-bond acceptors (Lipinski definition) is 5. The first kappa shape index (κ1) is 23.0. The lowest BCUT2D eigenvalue weighted by Gasteiger charge is -2.22. The van der Waals surface area contributed by atoms with Crippen molar-refractivity contribution in [2.45, 2.75) is 58.3 Å². The molecule has 1 aromatic rings. The fraction of sp³-hybridized carbons (Fsp3) is 0.579. The second kappa shape index (κ2) is 11.7. The van der Waals surface area contributed by atoms with Gasteiger partial charge in [-0.1, -0.05) is 29.8 Å². The molecular formula is C19H29ClN2O5. The van der Waals surface area contributed by atoms with Crippen LogP contribution < -0.4 is 10.6 Å². The van der Waals surface area contributed by atoms with Gasteiger partial charge in [-0.2, -0.15) is 0 Å². The summed E-state index contributed by atoms with van der Waals surface area (Å²) in [6.07, 6.45) is 0.911. The summed E-state index contributed by atoms with van der Waals surface area (Å²) in [5.74, 6) is 0. The van der Waals surface area contributed by atoms with Gasteiger partial charge < -0.3 is 25.2 Å². The molecule has 2 amide bonds. The highest BCUT2D eigenvalue weighted by Gasteiger charge is 2.18. The summed E-state index contributed by atoms with van der Waals surface area (Å²) >= 11 is 6.00. The molecule has 8 heteroatoms. The van der Waals surface area contributed by atoms with Crippen molar-refractivity contribution in [3.8, 4) is 0 Å². The molecule has 0 unspecified atom stereocenters. The Labute approximate surface area is 165 Å². The van der Waals surface area contributed by atoms with E-state index in [2.05, 4.69) is 10.6 Å². The molecule has 0 bridgehead atoms. The zero-order valence-electron chi connectivity index (χ0n) is 16.1. The predicted molar refractivity (Wildman–Crippen MR) is 104 cm³/mol. The molecule has 152 valence electrons. The number of benzene rings is 1. The van der Waals surface area contributed by atoms with E-state index < -0.39 is 17.8 Å². The quantitative estimate of drug-likeness (QED) is 0.550. The van der Waals surface area contributed by atoms with E-state index in [1.54, 1.807) is 32.9 Å². The number of ether oxygens (including phenoxy) is 2. The number of aliphatic hydroxyl groups is 1. The van der Waals surface area contributed by atoms with Gasteiger partial charge in [-0.3, -0.25) is 0 Å². The third kappa shape index (κ3) is 10.7. The minimum atomic E-state index is -0.585. The van der Waals surface area contributed by atoms with Crippen LogP contribution in [-0.4, -0.2) is 42.1 Å². The van der Waals surface area contributed by atoms with Crippen LogP contribution >= 0.6 is 11.6 Å². The van der Waals surface area contributed by atoms with E-state index in [-0.39, 0.29) is 19.3 Å². The molecule has 0 aliphatic rings. The van der Waals surface area contributed by atoms with Gasteiger partial charge in [0.2, 0.25) is 0 Å². The van der Waals surface area contributed by atoms with Gasteiger partial charge in [0.15, 0.2) is 0 Å².